The third kappa shape index (κ3) is 18.2. The molecule has 2 rings (SSSR count). The number of unbranched alkanes of at least 4 members (excludes halogenated alkanes) is 1. The van der Waals surface area contributed by atoms with Gasteiger partial charge in [-0.15, -0.1) is 0 Å². The van der Waals surface area contributed by atoms with E-state index in [4.69, 9.17) is 0 Å². The van der Waals surface area contributed by atoms with Gasteiger partial charge in [-0.2, -0.15) is 0 Å². The fourth-order valence-electron chi connectivity index (χ4n) is 4.27. The average Bonchev–Trinajstić information content (AvgIpc) is 2.65. The van der Waals surface area contributed by atoms with Crippen LogP contribution in [-0.2, 0) is 20.2 Å². The van der Waals surface area contributed by atoms with Crippen LogP contribution in [-0.4, -0.2) is 101 Å². The average molecular weight is 501 g/mol. The minimum Gasteiger partial charge on any atom is -0.748 e. The number of nitrogens with zero attached hydrogens (tertiary/aromatic N) is 2. The van der Waals surface area contributed by atoms with E-state index >= 15 is 0 Å². The molecule has 2 saturated carbocycles. The van der Waals surface area contributed by atoms with Gasteiger partial charge in [0.1, 0.15) is 0 Å². The molecule has 0 aromatic rings. The van der Waals surface area contributed by atoms with Gasteiger partial charge in [0.15, 0.2) is 0 Å². The van der Waals surface area contributed by atoms with Crippen LogP contribution in [0.4, 0.5) is 0 Å². The first-order valence-electron chi connectivity index (χ1n) is 11.9. The molecule has 0 bridgehead atoms. The van der Waals surface area contributed by atoms with Crippen LogP contribution in [0.25, 0.3) is 0 Å². The van der Waals surface area contributed by atoms with Gasteiger partial charge in [-0.25, -0.2) is 16.8 Å². The molecule has 0 heterocycles. The van der Waals surface area contributed by atoms with Crippen molar-refractivity contribution in [3.05, 3.63) is 0 Å². The molecule has 0 atom stereocenters. The van der Waals surface area contributed by atoms with E-state index < -0.39 is 31.7 Å². The Kier molecular flexibility index (Phi) is 14.1. The van der Waals surface area contributed by atoms with E-state index in [1.54, 1.807) is 0 Å². The molecule has 0 unspecified atom stereocenters. The lowest BCUT2D eigenvalue weighted by atomic mass is 9.94. The third-order valence-corrected chi connectivity index (χ3v) is 7.96. The summed E-state index contributed by atoms with van der Waals surface area (Å²) >= 11 is 0. The van der Waals surface area contributed by atoms with Crippen molar-refractivity contribution in [1.82, 2.24) is 0 Å². The quantitative estimate of drug-likeness (QED) is 0.302. The van der Waals surface area contributed by atoms with E-state index in [0.717, 1.165) is 12.1 Å². The van der Waals surface area contributed by atoms with E-state index in [0.29, 0.717) is 0 Å². The fourth-order valence-corrected chi connectivity index (χ4v) is 5.38. The van der Waals surface area contributed by atoms with Gasteiger partial charge in [0.05, 0.1) is 74.6 Å². The molecule has 0 aromatic heterocycles. The van der Waals surface area contributed by atoms with Gasteiger partial charge < -0.3 is 18.1 Å². The second kappa shape index (κ2) is 14.2. The summed E-state index contributed by atoms with van der Waals surface area (Å²) in [6.45, 7) is 0. The standard InChI is InChI=1S/2C9H20N.C4H10O6S2/c2*1-10(2,3)9-7-5-4-6-8-9;5-11(6,7)3-1-2-4-12(8,9)10/h2*9H,4-8H2,1-3H3;1-4H2,(H,5,6,7)(H,8,9,10)/q2*+1;/p-2. The molecule has 2 fully saturated rings. The SMILES string of the molecule is C[N+](C)(C)C1CCCCC1.C[N+](C)(C)C1CCCCC1.O=S(=O)([O-])CCCCS(=O)(=O)[O-]. The summed E-state index contributed by atoms with van der Waals surface area (Å²) in [7, 11) is 5.32. The highest BCUT2D eigenvalue weighted by molar-refractivity contribution is 7.86. The highest BCUT2D eigenvalue weighted by Gasteiger charge is 2.25. The Morgan fingerprint density at radius 1 is 0.562 bits per heavy atom. The van der Waals surface area contributed by atoms with Crippen LogP contribution >= 0.6 is 0 Å². The lowest BCUT2D eigenvalue weighted by Gasteiger charge is -2.36. The van der Waals surface area contributed by atoms with E-state index in [2.05, 4.69) is 42.3 Å². The van der Waals surface area contributed by atoms with Crippen LogP contribution in [0.3, 0.4) is 0 Å². The molecule has 0 amide bonds. The molecule has 2 aliphatic rings. The highest BCUT2D eigenvalue weighted by atomic mass is 32.2. The van der Waals surface area contributed by atoms with Crippen molar-refractivity contribution < 1.29 is 34.9 Å². The van der Waals surface area contributed by atoms with Gasteiger partial charge in [-0.1, -0.05) is 12.8 Å². The molecule has 0 spiro atoms. The van der Waals surface area contributed by atoms with E-state index in [-0.39, 0.29) is 12.8 Å². The molecule has 10 heteroatoms. The molecule has 0 aromatic carbocycles. The Labute approximate surface area is 198 Å². The summed E-state index contributed by atoms with van der Waals surface area (Å²) in [4.78, 5) is 0. The Balaban J connectivity index is 0.000000452. The van der Waals surface area contributed by atoms with Gasteiger partial charge in [0, 0.05) is 11.5 Å². The summed E-state index contributed by atoms with van der Waals surface area (Å²) in [6.07, 6.45) is 14.4. The van der Waals surface area contributed by atoms with Crippen LogP contribution in [0.1, 0.15) is 77.0 Å². The molecular formula is C22H48N2O6S2. The Bertz CT molecular complexity index is 636. The molecule has 8 nitrogen and oxygen atoms in total. The molecule has 0 radical (unpaired) electrons. The monoisotopic (exact) mass is 500 g/mol. The number of quaternary nitrogens is 2. The number of hydrogen-bond acceptors (Lipinski definition) is 6. The Morgan fingerprint density at radius 2 is 0.812 bits per heavy atom. The topological polar surface area (TPSA) is 114 Å². The zero-order chi connectivity index (χ0) is 25.1. The summed E-state index contributed by atoms with van der Waals surface area (Å²) in [5.41, 5.74) is 0. The number of rotatable bonds is 7. The first-order chi connectivity index (χ1) is 14.4. The van der Waals surface area contributed by atoms with Crippen LogP contribution < -0.4 is 0 Å². The van der Waals surface area contributed by atoms with Gasteiger partial charge in [-0.3, -0.25) is 0 Å². The van der Waals surface area contributed by atoms with Crippen LogP contribution in [0.5, 0.6) is 0 Å². The van der Waals surface area contributed by atoms with Gasteiger partial charge >= 0.3 is 0 Å². The Morgan fingerprint density at radius 3 is 0.969 bits per heavy atom. The van der Waals surface area contributed by atoms with E-state index in [1.165, 1.54) is 73.2 Å². The maximum absolute atomic E-state index is 9.97. The van der Waals surface area contributed by atoms with Crippen LogP contribution in [0.15, 0.2) is 0 Å². The fraction of sp³-hybridized carbons (Fsp3) is 1.00. The van der Waals surface area contributed by atoms with Gasteiger partial charge in [0.25, 0.3) is 0 Å². The van der Waals surface area contributed by atoms with Crippen molar-refractivity contribution in [1.29, 1.82) is 0 Å². The number of hydrogen-bond donors (Lipinski definition) is 0. The minimum absolute atomic E-state index is 0.0900. The van der Waals surface area contributed by atoms with Crippen molar-refractivity contribution in [2.75, 3.05) is 53.8 Å². The van der Waals surface area contributed by atoms with Crippen LogP contribution in [0.2, 0.25) is 0 Å². The normalized spacial score (nSPS) is 19.4. The Hall–Kier alpha value is -0.260. The maximum Gasteiger partial charge on any atom is 0.0945 e. The highest BCUT2D eigenvalue weighted by Crippen LogP contribution is 2.24. The smallest absolute Gasteiger partial charge is 0.0945 e. The third-order valence-electron chi connectivity index (χ3n) is 6.38. The summed E-state index contributed by atoms with van der Waals surface area (Å²) in [5, 5.41) is 0. The molecule has 194 valence electrons. The van der Waals surface area contributed by atoms with E-state index in [9.17, 15) is 25.9 Å². The summed E-state index contributed by atoms with van der Waals surface area (Å²) < 4.78 is 62.2. The molecule has 0 aliphatic heterocycles. The zero-order valence-corrected chi connectivity index (χ0v) is 22.8. The van der Waals surface area contributed by atoms with Crippen molar-refractivity contribution in [3.63, 3.8) is 0 Å². The lowest BCUT2D eigenvalue weighted by molar-refractivity contribution is -0.897. The van der Waals surface area contributed by atoms with Gasteiger partial charge in [-0.05, 0) is 64.2 Å². The molecular weight excluding hydrogens is 452 g/mol. The lowest BCUT2D eigenvalue weighted by Crippen LogP contribution is -2.45. The van der Waals surface area contributed by atoms with Crippen molar-refractivity contribution >= 4 is 20.2 Å². The van der Waals surface area contributed by atoms with E-state index in [1.807, 2.05) is 0 Å². The van der Waals surface area contributed by atoms with Gasteiger partial charge in [0.2, 0.25) is 0 Å². The minimum atomic E-state index is -4.29. The van der Waals surface area contributed by atoms with Crippen molar-refractivity contribution in [2.45, 2.75) is 89.1 Å². The largest absolute Gasteiger partial charge is 0.748 e. The molecule has 0 saturated heterocycles. The predicted octanol–water partition coefficient (Wildman–Crippen LogP) is 2.91. The predicted molar refractivity (Wildman–Crippen MR) is 128 cm³/mol. The summed E-state index contributed by atoms with van der Waals surface area (Å²) in [6, 6.07) is 1.88. The van der Waals surface area contributed by atoms with Crippen molar-refractivity contribution in [2.24, 2.45) is 0 Å². The molecule has 2 aliphatic carbocycles. The molecule has 0 N–H and O–H groups in total. The van der Waals surface area contributed by atoms with Crippen LogP contribution in [0, 0.1) is 0 Å². The second-order valence-electron chi connectivity index (χ2n) is 11.0. The second-order valence-corrected chi connectivity index (χ2v) is 14.1. The first-order valence-corrected chi connectivity index (χ1v) is 15.1. The first kappa shape index (κ1) is 31.7. The molecule has 32 heavy (non-hydrogen) atoms. The zero-order valence-electron chi connectivity index (χ0n) is 21.2. The summed E-state index contributed by atoms with van der Waals surface area (Å²) in [5.74, 6) is -1.24. The maximum atomic E-state index is 9.97. The van der Waals surface area contributed by atoms with Crippen molar-refractivity contribution in [3.8, 4) is 0 Å².